The third-order valence-corrected chi connectivity index (χ3v) is 4.78. The zero-order valence-electron chi connectivity index (χ0n) is 12.3. The maximum atomic E-state index is 13.0. The van der Waals surface area contributed by atoms with Gasteiger partial charge in [-0.2, -0.15) is 0 Å². The van der Waals surface area contributed by atoms with Gasteiger partial charge in [-0.25, -0.2) is 0 Å². The molecule has 4 rings (SSSR count). The van der Waals surface area contributed by atoms with Gasteiger partial charge in [0.1, 0.15) is 0 Å². The molecule has 1 aromatic heterocycles. The number of rotatable bonds is 1. The summed E-state index contributed by atoms with van der Waals surface area (Å²) in [6.45, 7) is 1.81. The number of amides is 1. The maximum Gasteiger partial charge on any atom is 0.254 e. The molecule has 3 nitrogen and oxygen atoms in total. The van der Waals surface area contributed by atoms with Crippen LogP contribution in [0.4, 0.5) is 0 Å². The van der Waals surface area contributed by atoms with Crippen molar-refractivity contribution in [1.29, 1.82) is 0 Å². The van der Waals surface area contributed by atoms with Crippen LogP contribution in [0, 0.1) is 0 Å². The zero-order valence-corrected chi connectivity index (χ0v) is 12.3. The molecule has 1 amide bonds. The van der Waals surface area contributed by atoms with Crippen LogP contribution < -0.4 is 0 Å². The smallest absolute Gasteiger partial charge is 0.254 e. The molecule has 0 N–H and O–H groups in total. The Morgan fingerprint density at radius 2 is 1.76 bits per heavy atom. The third kappa shape index (κ3) is 2.11. The quantitative estimate of drug-likeness (QED) is 0.802. The van der Waals surface area contributed by atoms with E-state index in [4.69, 9.17) is 4.98 Å². The highest BCUT2D eigenvalue weighted by atomic mass is 16.2. The summed E-state index contributed by atoms with van der Waals surface area (Å²) in [6.07, 6.45) is 6.65. The number of para-hydroxylation sites is 1. The molecule has 1 aliphatic heterocycles. The van der Waals surface area contributed by atoms with Crippen LogP contribution in [0.15, 0.2) is 24.3 Å². The predicted molar refractivity (Wildman–Crippen MR) is 83.5 cm³/mol. The van der Waals surface area contributed by atoms with Crippen molar-refractivity contribution in [2.75, 3.05) is 13.1 Å². The summed E-state index contributed by atoms with van der Waals surface area (Å²) in [5, 5.41) is 1.04. The van der Waals surface area contributed by atoms with Crippen LogP contribution in [0.5, 0.6) is 0 Å². The average Bonchev–Trinajstić information content (AvgIpc) is 3.06. The van der Waals surface area contributed by atoms with Gasteiger partial charge >= 0.3 is 0 Å². The number of likely N-dealkylation sites (tertiary alicyclic amines) is 1. The van der Waals surface area contributed by atoms with E-state index in [1.807, 2.05) is 23.1 Å². The number of fused-ring (bicyclic) bond motifs is 2. The van der Waals surface area contributed by atoms with Crippen LogP contribution in [0.3, 0.4) is 0 Å². The lowest BCUT2D eigenvalue weighted by Gasteiger charge is -2.23. The number of hydrogen-bond acceptors (Lipinski definition) is 2. The Morgan fingerprint density at radius 1 is 1.00 bits per heavy atom. The normalized spacial score (nSPS) is 18.0. The van der Waals surface area contributed by atoms with Crippen LogP contribution in [0.1, 0.15) is 47.3 Å². The number of aromatic nitrogens is 1. The van der Waals surface area contributed by atoms with E-state index in [-0.39, 0.29) is 5.91 Å². The van der Waals surface area contributed by atoms with Crippen molar-refractivity contribution >= 4 is 16.8 Å². The van der Waals surface area contributed by atoms with Crippen molar-refractivity contribution in [2.24, 2.45) is 0 Å². The van der Waals surface area contributed by atoms with Crippen LogP contribution >= 0.6 is 0 Å². The Kier molecular flexibility index (Phi) is 3.13. The number of benzene rings is 1. The fraction of sp³-hybridized carbons (Fsp3) is 0.444. The summed E-state index contributed by atoms with van der Waals surface area (Å²) in [5.74, 6) is 0.226. The number of carbonyl (C=O) groups excluding carboxylic acids is 1. The minimum atomic E-state index is 0.226. The first kappa shape index (κ1) is 12.8. The molecule has 108 valence electrons. The van der Waals surface area contributed by atoms with Crippen molar-refractivity contribution in [1.82, 2.24) is 9.88 Å². The Balaban J connectivity index is 1.93. The zero-order chi connectivity index (χ0) is 14.2. The van der Waals surface area contributed by atoms with Gasteiger partial charge in [-0.1, -0.05) is 18.2 Å². The maximum absolute atomic E-state index is 13.0. The summed E-state index contributed by atoms with van der Waals surface area (Å²) in [4.78, 5) is 19.9. The van der Waals surface area contributed by atoms with E-state index in [9.17, 15) is 4.79 Å². The molecule has 0 unspecified atom stereocenters. The lowest BCUT2D eigenvalue weighted by atomic mass is 9.89. The van der Waals surface area contributed by atoms with Gasteiger partial charge in [0.15, 0.2) is 0 Å². The Bertz CT molecular complexity index is 702. The fourth-order valence-electron chi connectivity index (χ4n) is 3.70. The molecule has 2 heterocycles. The first-order valence-electron chi connectivity index (χ1n) is 8.04. The number of hydrogen-bond donors (Lipinski definition) is 0. The topological polar surface area (TPSA) is 33.2 Å². The number of pyridine rings is 1. The largest absolute Gasteiger partial charge is 0.339 e. The molecule has 21 heavy (non-hydrogen) atoms. The summed E-state index contributed by atoms with van der Waals surface area (Å²) in [7, 11) is 0. The van der Waals surface area contributed by atoms with E-state index in [1.165, 1.54) is 18.4 Å². The van der Waals surface area contributed by atoms with Crippen molar-refractivity contribution in [2.45, 2.75) is 38.5 Å². The lowest BCUT2D eigenvalue weighted by molar-refractivity contribution is 0.0793. The Morgan fingerprint density at radius 3 is 2.62 bits per heavy atom. The second-order valence-electron chi connectivity index (χ2n) is 6.14. The van der Waals surface area contributed by atoms with Gasteiger partial charge in [-0.05, 0) is 50.2 Å². The van der Waals surface area contributed by atoms with Crippen molar-refractivity contribution in [3.63, 3.8) is 0 Å². The minimum absolute atomic E-state index is 0.226. The molecule has 1 fully saturated rings. The predicted octanol–water partition coefficient (Wildman–Crippen LogP) is 3.35. The molecule has 0 atom stereocenters. The van der Waals surface area contributed by atoms with Crippen LogP contribution in [0.2, 0.25) is 0 Å². The summed E-state index contributed by atoms with van der Waals surface area (Å²) >= 11 is 0. The molecule has 2 aliphatic rings. The van der Waals surface area contributed by atoms with Gasteiger partial charge in [0.2, 0.25) is 0 Å². The molecular weight excluding hydrogens is 260 g/mol. The Labute approximate surface area is 125 Å². The number of aryl methyl sites for hydroxylation is 1. The molecule has 2 aromatic rings. The third-order valence-electron chi connectivity index (χ3n) is 4.78. The molecular formula is C18H20N2O. The van der Waals surface area contributed by atoms with Gasteiger partial charge in [0.25, 0.3) is 5.91 Å². The molecule has 1 aliphatic carbocycles. The van der Waals surface area contributed by atoms with E-state index in [0.717, 1.165) is 60.9 Å². The molecule has 1 saturated heterocycles. The molecule has 0 spiro atoms. The lowest BCUT2D eigenvalue weighted by Crippen LogP contribution is -2.29. The first-order valence-corrected chi connectivity index (χ1v) is 8.04. The standard InChI is InChI=1S/C18H20N2O/c21-18(20-11-5-6-12-20)17-13-7-1-3-9-15(13)19-16-10-4-2-8-14(16)17/h1,3,7,9H,2,4-6,8,10-12H2. The van der Waals surface area contributed by atoms with Crippen molar-refractivity contribution in [3.05, 3.63) is 41.1 Å². The van der Waals surface area contributed by atoms with E-state index in [1.54, 1.807) is 0 Å². The fourth-order valence-corrected chi connectivity index (χ4v) is 3.70. The molecule has 1 aromatic carbocycles. The van der Waals surface area contributed by atoms with Gasteiger partial charge in [0, 0.05) is 24.2 Å². The number of nitrogens with zero attached hydrogens (tertiary/aromatic N) is 2. The van der Waals surface area contributed by atoms with Crippen molar-refractivity contribution in [3.8, 4) is 0 Å². The minimum Gasteiger partial charge on any atom is -0.339 e. The monoisotopic (exact) mass is 280 g/mol. The molecule has 0 radical (unpaired) electrons. The molecule has 0 saturated carbocycles. The SMILES string of the molecule is O=C(c1c2c(nc3ccccc13)CCCC2)N1CCCC1. The summed E-state index contributed by atoms with van der Waals surface area (Å²) in [5.41, 5.74) is 4.29. The van der Waals surface area contributed by atoms with E-state index in [2.05, 4.69) is 6.07 Å². The van der Waals surface area contributed by atoms with Crippen LogP contribution in [-0.2, 0) is 12.8 Å². The second kappa shape index (κ2) is 5.14. The first-order chi connectivity index (χ1) is 10.3. The van der Waals surface area contributed by atoms with E-state index in [0.29, 0.717) is 0 Å². The molecule has 0 bridgehead atoms. The van der Waals surface area contributed by atoms with E-state index >= 15 is 0 Å². The van der Waals surface area contributed by atoms with Crippen molar-refractivity contribution < 1.29 is 4.79 Å². The van der Waals surface area contributed by atoms with Gasteiger partial charge < -0.3 is 4.90 Å². The highest BCUT2D eigenvalue weighted by Gasteiger charge is 2.27. The van der Waals surface area contributed by atoms with Crippen LogP contribution in [0.25, 0.3) is 10.9 Å². The highest BCUT2D eigenvalue weighted by molar-refractivity contribution is 6.07. The number of carbonyl (C=O) groups is 1. The van der Waals surface area contributed by atoms with Gasteiger partial charge in [0.05, 0.1) is 11.1 Å². The van der Waals surface area contributed by atoms with E-state index < -0.39 is 0 Å². The average molecular weight is 280 g/mol. The summed E-state index contributed by atoms with van der Waals surface area (Å²) in [6, 6.07) is 8.11. The van der Waals surface area contributed by atoms with Gasteiger partial charge in [-0.15, -0.1) is 0 Å². The molecule has 3 heteroatoms. The Hall–Kier alpha value is -1.90. The van der Waals surface area contributed by atoms with Gasteiger partial charge in [-0.3, -0.25) is 9.78 Å². The summed E-state index contributed by atoms with van der Waals surface area (Å²) < 4.78 is 0. The van der Waals surface area contributed by atoms with Crippen LogP contribution in [-0.4, -0.2) is 28.9 Å². The second-order valence-corrected chi connectivity index (χ2v) is 6.14. The highest BCUT2D eigenvalue weighted by Crippen LogP contribution is 2.30.